The van der Waals surface area contributed by atoms with Gasteiger partial charge >= 0.3 is 0 Å². The Morgan fingerprint density at radius 1 is 0.418 bits per heavy atom. The van der Waals surface area contributed by atoms with E-state index in [1.807, 2.05) is 47.7 Å². The van der Waals surface area contributed by atoms with Crippen molar-refractivity contribution in [1.29, 1.82) is 0 Å². The van der Waals surface area contributed by atoms with Gasteiger partial charge in [0.05, 0.1) is 11.4 Å². The van der Waals surface area contributed by atoms with Crippen LogP contribution in [0.1, 0.15) is 0 Å². The Balaban J connectivity index is 1.08. The third kappa shape index (κ3) is 5.32. The summed E-state index contributed by atoms with van der Waals surface area (Å²) in [6, 6.07) is 65.6. The molecule has 55 heavy (non-hydrogen) atoms. The van der Waals surface area contributed by atoms with E-state index in [1.165, 1.54) is 20.2 Å². The molecule has 0 spiro atoms. The van der Waals surface area contributed by atoms with Gasteiger partial charge in [0.25, 0.3) is 0 Å². The molecule has 3 heterocycles. The van der Waals surface area contributed by atoms with Gasteiger partial charge in [-0.3, -0.25) is 0 Å². The van der Waals surface area contributed by atoms with Crippen molar-refractivity contribution in [2.75, 3.05) is 9.80 Å². The monoisotopic (exact) mass is 725 g/mol. The number of anilines is 6. The Kier molecular flexibility index (Phi) is 7.25. The van der Waals surface area contributed by atoms with E-state index in [9.17, 15) is 0 Å². The van der Waals surface area contributed by atoms with Crippen LogP contribution >= 0.6 is 11.3 Å². The minimum Gasteiger partial charge on any atom is -0.454 e. The molecule has 0 atom stereocenters. The number of furan rings is 1. The third-order valence-electron chi connectivity index (χ3n) is 10.2. The van der Waals surface area contributed by atoms with Gasteiger partial charge in [-0.15, -0.1) is 21.5 Å². The standard InChI is InChI=1S/C48H31N5OS/c1-3-12-32(13-4-1)51(33-14-5-2-6-15-33)37-26-28-38-40-17-11-20-44(48(40)54-45(38)31-37)52(36-27-29-47-41(30-36)39-16-7-10-21-46(39)55-47)34-22-24-35(25-23-34)53-49-42-18-8-9-19-43(42)50-53/h1-31H. The molecule has 0 amide bonds. The van der Waals surface area contributed by atoms with Crippen LogP contribution < -0.4 is 9.80 Å². The Morgan fingerprint density at radius 3 is 1.75 bits per heavy atom. The number of thiophene rings is 1. The van der Waals surface area contributed by atoms with Gasteiger partial charge in [0.2, 0.25) is 0 Å². The van der Waals surface area contributed by atoms with E-state index < -0.39 is 0 Å². The molecule has 0 radical (unpaired) electrons. The highest BCUT2D eigenvalue weighted by Gasteiger charge is 2.22. The summed E-state index contributed by atoms with van der Waals surface area (Å²) in [6.45, 7) is 0. The minimum absolute atomic E-state index is 0.819. The summed E-state index contributed by atoms with van der Waals surface area (Å²) in [5.41, 5.74) is 10.4. The fourth-order valence-corrected chi connectivity index (χ4v) is 8.77. The van der Waals surface area contributed by atoms with Gasteiger partial charge in [0, 0.05) is 65.4 Å². The van der Waals surface area contributed by atoms with Crippen molar-refractivity contribution in [3.63, 3.8) is 0 Å². The van der Waals surface area contributed by atoms with E-state index >= 15 is 0 Å². The minimum atomic E-state index is 0.819. The van der Waals surface area contributed by atoms with Crippen molar-refractivity contribution in [3.05, 3.63) is 188 Å². The van der Waals surface area contributed by atoms with Crippen molar-refractivity contribution in [2.45, 2.75) is 0 Å². The van der Waals surface area contributed by atoms with Gasteiger partial charge in [-0.05, 0) is 103 Å². The molecule has 3 aromatic heterocycles. The predicted octanol–water partition coefficient (Wildman–Crippen LogP) is 13.6. The molecule has 0 aliphatic carbocycles. The van der Waals surface area contributed by atoms with Gasteiger partial charge < -0.3 is 14.2 Å². The lowest BCUT2D eigenvalue weighted by Gasteiger charge is -2.26. The van der Waals surface area contributed by atoms with Gasteiger partial charge in [-0.2, -0.15) is 4.80 Å². The molecule has 0 saturated carbocycles. The lowest BCUT2D eigenvalue weighted by Crippen LogP contribution is -2.10. The Hall–Kier alpha value is -7.22. The zero-order chi connectivity index (χ0) is 36.3. The summed E-state index contributed by atoms with van der Waals surface area (Å²) >= 11 is 1.82. The van der Waals surface area contributed by atoms with Crippen molar-refractivity contribution >= 4 is 98.6 Å². The maximum atomic E-state index is 6.95. The second-order valence-electron chi connectivity index (χ2n) is 13.6. The van der Waals surface area contributed by atoms with Crippen LogP contribution in [0, 0.1) is 0 Å². The molecule has 0 fully saturated rings. The van der Waals surface area contributed by atoms with E-state index in [-0.39, 0.29) is 0 Å². The molecule has 0 aliphatic heterocycles. The number of aromatic nitrogens is 3. The quantitative estimate of drug-likeness (QED) is 0.164. The van der Waals surface area contributed by atoms with E-state index in [1.54, 1.807) is 4.80 Å². The van der Waals surface area contributed by atoms with Crippen LogP contribution in [0.5, 0.6) is 0 Å². The lowest BCUT2D eigenvalue weighted by atomic mass is 10.1. The lowest BCUT2D eigenvalue weighted by molar-refractivity contribution is 0.669. The maximum absolute atomic E-state index is 6.95. The van der Waals surface area contributed by atoms with Crippen LogP contribution in [0.3, 0.4) is 0 Å². The van der Waals surface area contributed by atoms with E-state index in [4.69, 9.17) is 14.6 Å². The summed E-state index contributed by atoms with van der Waals surface area (Å²) in [5, 5.41) is 14.1. The van der Waals surface area contributed by atoms with Crippen LogP contribution in [0.15, 0.2) is 192 Å². The van der Waals surface area contributed by atoms with Gasteiger partial charge in [-0.1, -0.05) is 78.9 Å². The van der Waals surface area contributed by atoms with Crippen LogP contribution in [0.2, 0.25) is 0 Å². The van der Waals surface area contributed by atoms with Gasteiger partial charge in [0.15, 0.2) is 5.58 Å². The summed E-state index contributed by atoms with van der Waals surface area (Å²) in [5.74, 6) is 0. The predicted molar refractivity (Wildman–Crippen MR) is 228 cm³/mol. The van der Waals surface area contributed by atoms with E-state index in [2.05, 4.69) is 161 Å². The third-order valence-corrected chi connectivity index (χ3v) is 11.4. The number of hydrogen-bond acceptors (Lipinski definition) is 6. The molecular weight excluding hydrogens is 695 g/mol. The number of benzene rings is 8. The highest BCUT2D eigenvalue weighted by Crippen LogP contribution is 2.45. The molecule has 6 nitrogen and oxygen atoms in total. The molecule has 11 aromatic rings. The first-order valence-electron chi connectivity index (χ1n) is 18.2. The Labute approximate surface area is 320 Å². The normalized spacial score (nSPS) is 11.6. The van der Waals surface area contributed by atoms with Gasteiger partial charge in [0.1, 0.15) is 16.6 Å². The molecule has 0 aliphatic rings. The molecule has 260 valence electrons. The average molecular weight is 726 g/mol. The Bertz CT molecular complexity index is 3090. The molecule has 0 saturated heterocycles. The zero-order valence-electron chi connectivity index (χ0n) is 29.5. The first-order chi connectivity index (χ1) is 27.2. The summed E-state index contributed by atoms with van der Waals surface area (Å²) in [7, 11) is 0. The second-order valence-corrected chi connectivity index (χ2v) is 14.6. The fourth-order valence-electron chi connectivity index (χ4n) is 7.68. The second kappa shape index (κ2) is 12.7. The van der Waals surface area contributed by atoms with Crippen LogP contribution in [-0.4, -0.2) is 15.0 Å². The van der Waals surface area contributed by atoms with Crippen molar-refractivity contribution in [3.8, 4) is 5.69 Å². The van der Waals surface area contributed by atoms with Crippen LogP contribution in [0.4, 0.5) is 34.1 Å². The highest BCUT2D eigenvalue weighted by molar-refractivity contribution is 7.25. The summed E-state index contributed by atoms with van der Waals surface area (Å²) in [6.07, 6.45) is 0. The number of hydrogen-bond donors (Lipinski definition) is 0. The van der Waals surface area contributed by atoms with Gasteiger partial charge in [-0.25, -0.2) is 0 Å². The van der Waals surface area contributed by atoms with E-state index in [0.717, 1.165) is 72.8 Å². The SMILES string of the molecule is c1ccc(N(c2ccccc2)c2ccc3c(c2)oc2c(N(c4ccc(-n5nc6ccccc6n5)cc4)c4ccc5sc6ccccc6c5c4)cccc23)cc1. The highest BCUT2D eigenvalue weighted by atomic mass is 32.1. The molecule has 11 rings (SSSR count). The van der Waals surface area contributed by atoms with E-state index in [0.29, 0.717) is 0 Å². The molecule has 8 aromatic carbocycles. The topological polar surface area (TPSA) is 50.3 Å². The molecular formula is C48H31N5OS. The number of fused-ring (bicyclic) bond motifs is 7. The average Bonchev–Trinajstić information content (AvgIpc) is 3.96. The van der Waals surface area contributed by atoms with Crippen molar-refractivity contribution in [1.82, 2.24) is 15.0 Å². The van der Waals surface area contributed by atoms with Crippen molar-refractivity contribution < 1.29 is 4.42 Å². The fraction of sp³-hybridized carbons (Fsp3) is 0. The van der Waals surface area contributed by atoms with Crippen molar-refractivity contribution in [2.24, 2.45) is 0 Å². The smallest absolute Gasteiger partial charge is 0.159 e. The maximum Gasteiger partial charge on any atom is 0.159 e. The van der Waals surface area contributed by atoms with Crippen LogP contribution in [0.25, 0.3) is 58.8 Å². The Morgan fingerprint density at radius 2 is 1.00 bits per heavy atom. The number of rotatable bonds is 7. The number of para-hydroxylation sites is 3. The van der Waals surface area contributed by atoms with Crippen LogP contribution in [-0.2, 0) is 0 Å². The summed E-state index contributed by atoms with van der Waals surface area (Å²) in [4.78, 5) is 6.27. The summed E-state index contributed by atoms with van der Waals surface area (Å²) < 4.78 is 9.48. The molecule has 0 unspecified atom stereocenters. The molecule has 0 bridgehead atoms. The largest absolute Gasteiger partial charge is 0.454 e. The molecule has 7 heteroatoms. The zero-order valence-corrected chi connectivity index (χ0v) is 30.3. The first-order valence-corrected chi connectivity index (χ1v) is 19.1. The number of nitrogens with zero attached hydrogens (tertiary/aromatic N) is 5. The molecule has 0 N–H and O–H groups in total. The first kappa shape index (κ1) is 31.3.